The van der Waals surface area contributed by atoms with Crippen molar-refractivity contribution in [2.75, 3.05) is 18.9 Å². The van der Waals surface area contributed by atoms with Gasteiger partial charge in [-0.1, -0.05) is 12.1 Å². The topological polar surface area (TPSA) is 95.2 Å². The van der Waals surface area contributed by atoms with E-state index in [2.05, 4.69) is 26.3 Å². The highest BCUT2D eigenvalue weighted by Gasteiger charge is 2.04. The molecule has 2 rings (SSSR count). The molecule has 0 unspecified atom stereocenters. The fraction of sp³-hybridized carbons (Fsp3) is 0.316. The van der Waals surface area contributed by atoms with Gasteiger partial charge in [-0.15, -0.1) is 0 Å². The molecule has 0 spiro atoms. The number of anilines is 1. The maximum Gasteiger partial charge on any atom is 0.319 e. The zero-order valence-corrected chi connectivity index (χ0v) is 14.9. The van der Waals surface area contributed by atoms with Crippen LogP contribution in [0.2, 0.25) is 0 Å². The fourth-order valence-electron chi connectivity index (χ4n) is 2.33. The Labute approximate surface area is 153 Å². The van der Waals surface area contributed by atoms with Crippen molar-refractivity contribution in [1.29, 1.82) is 0 Å². The number of aromatic nitrogens is 1. The molecule has 138 valence electrons. The smallest absolute Gasteiger partial charge is 0.319 e. The first-order valence-electron chi connectivity index (χ1n) is 8.61. The van der Waals surface area contributed by atoms with Crippen LogP contribution in [0.5, 0.6) is 0 Å². The molecule has 26 heavy (non-hydrogen) atoms. The maximum absolute atomic E-state index is 12.0. The van der Waals surface area contributed by atoms with Crippen LogP contribution in [0.15, 0.2) is 48.8 Å². The Balaban J connectivity index is 1.77. The van der Waals surface area contributed by atoms with Crippen LogP contribution in [0.4, 0.5) is 10.5 Å². The minimum Gasteiger partial charge on any atom is -0.352 e. The van der Waals surface area contributed by atoms with E-state index >= 15 is 0 Å². The van der Waals surface area contributed by atoms with Gasteiger partial charge in [-0.3, -0.25) is 9.78 Å². The van der Waals surface area contributed by atoms with Gasteiger partial charge in [0.05, 0.1) is 0 Å². The Kier molecular flexibility index (Phi) is 8.08. The Bertz CT molecular complexity index is 706. The number of hydrogen-bond acceptors (Lipinski definition) is 4. The van der Waals surface area contributed by atoms with Crippen LogP contribution in [-0.2, 0) is 17.9 Å². The molecule has 7 heteroatoms. The Morgan fingerprint density at radius 1 is 1.00 bits per heavy atom. The summed E-state index contributed by atoms with van der Waals surface area (Å²) >= 11 is 0. The van der Waals surface area contributed by atoms with E-state index in [-0.39, 0.29) is 11.9 Å². The summed E-state index contributed by atoms with van der Waals surface area (Å²) < 4.78 is 0. The number of benzene rings is 1. The predicted octanol–water partition coefficient (Wildman–Crippen LogP) is 2.02. The molecule has 0 radical (unpaired) electrons. The molecule has 0 fully saturated rings. The molecule has 0 saturated heterocycles. The van der Waals surface area contributed by atoms with Gasteiger partial charge in [0, 0.05) is 37.6 Å². The molecule has 0 aliphatic carbocycles. The van der Waals surface area contributed by atoms with Crippen molar-refractivity contribution >= 4 is 17.6 Å². The molecule has 0 aliphatic heterocycles. The molecular weight excluding hydrogens is 330 g/mol. The fourth-order valence-corrected chi connectivity index (χ4v) is 2.33. The standard InChI is InChI=1S/C19H25N5O2/c1-20-9-3-6-18(25)22-14-16-4-2-5-17(12-16)24-19(26)23-13-15-7-10-21-11-8-15/h2,4-5,7-8,10-12,20H,3,6,9,13-14H2,1H3,(H,22,25)(H2,23,24,26). The number of pyridine rings is 1. The lowest BCUT2D eigenvalue weighted by Crippen LogP contribution is -2.28. The SMILES string of the molecule is CNCCCC(=O)NCc1cccc(NC(=O)NCc2ccncc2)c1. The summed E-state index contributed by atoms with van der Waals surface area (Å²) in [7, 11) is 1.86. The molecule has 1 aromatic carbocycles. The van der Waals surface area contributed by atoms with Crippen LogP contribution in [0.3, 0.4) is 0 Å². The Morgan fingerprint density at radius 2 is 1.77 bits per heavy atom. The van der Waals surface area contributed by atoms with Crippen molar-refractivity contribution in [3.63, 3.8) is 0 Å². The maximum atomic E-state index is 12.0. The van der Waals surface area contributed by atoms with E-state index in [1.807, 2.05) is 43.4 Å². The van der Waals surface area contributed by atoms with Crippen molar-refractivity contribution in [3.8, 4) is 0 Å². The summed E-state index contributed by atoms with van der Waals surface area (Å²) in [5, 5.41) is 11.5. The van der Waals surface area contributed by atoms with Crippen LogP contribution in [0, 0.1) is 0 Å². The Morgan fingerprint density at radius 3 is 2.54 bits per heavy atom. The summed E-state index contributed by atoms with van der Waals surface area (Å²) in [5.74, 6) is 0.0220. The van der Waals surface area contributed by atoms with Gasteiger partial charge in [0.15, 0.2) is 0 Å². The monoisotopic (exact) mass is 355 g/mol. The molecule has 1 heterocycles. The highest BCUT2D eigenvalue weighted by atomic mass is 16.2. The highest BCUT2D eigenvalue weighted by Crippen LogP contribution is 2.10. The van der Waals surface area contributed by atoms with Gasteiger partial charge in [0.2, 0.25) is 5.91 Å². The average Bonchev–Trinajstić information content (AvgIpc) is 2.66. The lowest BCUT2D eigenvalue weighted by Gasteiger charge is -2.10. The van der Waals surface area contributed by atoms with E-state index in [9.17, 15) is 9.59 Å². The minimum absolute atomic E-state index is 0.0220. The summed E-state index contributed by atoms with van der Waals surface area (Å²) in [4.78, 5) is 27.7. The van der Waals surface area contributed by atoms with Crippen LogP contribution < -0.4 is 21.3 Å². The van der Waals surface area contributed by atoms with Gasteiger partial charge >= 0.3 is 6.03 Å². The molecule has 2 aromatic rings. The molecule has 0 aliphatic rings. The van der Waals surface area contributed by atoms with E-state index in [0.717, 1.165) is 24.1 Å². The van der Waals surface area contributed by atoms with Crippen molar-refractivity contribution < 1.29 is 9.59 Å². The van der Waals surface area contributed by atoms with Gasteiger partial charge < -0.3 is 21.3 Å². The van der Waals surface area contributed by atoms with Crippen molar-refractivity contribution in [2.24, 2.45) is 0 Å². The van der Waals surface area contributed by atoms with Gasteiger partial charge in [-0.25, -0.2) is 4.79 Å². The van der Waals surface area contributed by atoms with Crippen LogP contribution in [0.1, 0.15) is 24.0 Å². The zero-order chi connectivity index (χ0) is 18.6. The molecule has 4 N–H and O–H groups in total. The minimum atomic E-state index is -0.282. The summed E-state index contributed by atoms with van der Waals surface area (Å²) in [6.45, 7) is 1.69. The second-order valence-electron chi connectivity index (χ2n) is 5.85. The lowest BCUT2D eigenvalue weighted by atomic mass is 10.2. The highest BCUT2D eigenvalue weighted by molar-refractivity contribution is 5.89. The number of hydrogen-bond donors (Lipinski definition) is 4. The number of carbonyl (C=O) groups excluding carboxylic acids is 2. The van der Waals surface area contributed by atoms with Gasteiger partial charge in [-0.05, 0) is 55.4 Å². The molecule has 7 nitrogen and oxygen atoms in total. The third-order valence-corrected chi connectivity index (χ3v) is 3.71. The van der Waals surface area contributed by atoms with Crippen LogP contribution >= 0.6 is 0 Å². The summed E-state index contributed by atoms with van der Waals surface area (Å²) in [6.07, 6.45) is 4.68. The molecule has 0 saturated carbocycles. The molecular formula is C19H25N5O2. The zero-order valence-electron chi connectivity index (χ0n) is 14.9. The number of nitrogens with one attached hydrogen (secondary N) is 4. The second-order valence-corrected chi connectivity index (χ2v) is 5.85. The normalized spacial score (nSPS) is 10.2. The average molecular weight is 355 g/mol. The quantitative estimate of drug-likeness (QED) is 0.518. The number of carbonyl (C=O) groups is 2. The van der Waals surface area contributed by atoms with Crippen molar-refractivity contribution in [2.45, 2.75) is 25.9 Å². The van der Waals surface area contributed by atoms with E-state index < -0.39 is 0 Å². The number of amides is 3. The molecule has 1 aromatic heterocycles. The van der Waals surface area contributed by atoms with E-state index in [4.69, 9.17) is 0 Å². The number of rotatable bonds is 9. The Hall–Kier alpha value is -2.93. The second kappa shape index (κ2) is 10.8. The first kappa shape index (κ1) is 19.4. The van der Waals surface area contributed by atoms with Gasteiger partial charge in [0.25, 0.3) is 0 Å². The van der Waals surface area contributed by atoms with Crippen molar-refractivity contribution in [3.05, 3.63) is 59.9 Å². The third kappa shape index (κ3) is 7.31. The van der Waals surface area contributed by atoms with E-state index in [1.54, 1.807) is 12.4 Å². The molecule has 3 amide bonds. The van der Waals surface area contributed by atoms with Crippen molar-refractivity contribution in [1.82, 2.24) is 20.9 Å². The van der Waals surface area contributed by atoms with Gasteiger partial charge in [0.1, 0.15) is 0 Å². The summed E-state index contributed by atoms with van der Waals surface area (Å²) in [5.41, 5.74) is 2.59. The molecule has 0 bridgehead atoms. The van der Waals surface area contributed by atoms with E-state index in [0.29, 0.717) is 25.2 Å². The first-order valence-corrected chi connectivity index (χ1v) is 8.61. The summed E-state index contributed by atoms with van der Waals surface area (Å²) in [6, 6.07) is 10.8. The number of nitrogens with zero attached hydrogens (tertiary/aromatic N) is 1. The van der Waals surface area contributed by atoms with Gasteiger partial charge in [-0.2, -0.15) is 0 Å². The number of urea groups is 1. The largest absolute Gasteiger partial charge is 0.352 e. The van der Waals surface area contributed by atoms with Crippen LogP contribution in [0.25, 0.3) is 0 Å². The lowest BCUT2D eigenvalue weighted by molar-refractivity contribution is -0.121. The third-order valence-electron chi connectivity index (χ3n) is 3.71. The predicted molar refractivity (Wildman–Crippen MR) is 102 cm³/mol. The van der Waals surface area contributed by atoms with Crippen LogP contribution in [-0.4, -0.2) is 30.5 Å². The molecule has 0 atom stereocenters. The first-order chi connectivity index (χ1) is 12.7. The van der Waals surface area contributed by atoms with E-state index in [1.165, 1.54) is 0 Å².